The number of ether oxygens (including phenoxy) is 1. The van der Waals surface area contributed by atoms with Crippen LogP contribution in [-0.2, 0) is 14.3 Å². The molecule has 0 spiro atoms. The Morgan fingerprint density at radius 2 is 2.27 bits per heavy atom. The Labute approximate surface area is 65.7 Å². The number of aldehydes is 1. The van der Waals surface area contributed by atoms with Crippen LogP contribution < -0.4 is 0 Å². The molecule has 1 rings (SSSR count). The lowest BCUT2D eigenvalue weighted by molar-refractivity contribution is -0.145. The fourth-order valence-electron chi connectivity index (χ4n) is 1.52. The molecule has 0 aromatic heterocycles. The average molecular weight is 156 g/mol. The lowest BCUT2D eigenvalue weighted by Crippen LogP contribution is -2.12. The van der Waals surface area contributed by atoms with Crippen LogP contribution in [0.1, 0.15) is 19.3 Å². The number of esters is 1. The summed E-state index contributed by atoms with van der Waals surface area (Å²) in [6.45, 7) is 0. The standard InChI is InChI=1S/C8H12O3/c1-11-8(10)7-3-2-6(4-7)5-9/h5-7H,2-4H2,1H3. The van der Waals surface area contributed by atoms with E-state index in [9.17, 15) is 9.59 Å². The van der Waals surface area contributed by atoms with Crippen molar-refractivity contribution in [2.75, 3.05) is 7.11 Å². The van der Waals surface area contributed by atoms with Gasteiger partial charge in [0.15, 0.2) is 0 Å². The van der Waals surface area contributed by atoms with Crippen LogP contribution in [0.4, 0.5) is 0 Å². The lowest BCUT2D eigenvalue weighted by Gasteiger charge is -2.04. The number of methoxy groups -OCH3 is 1. The molecule has 2 atom stereocenters. The van der Waals surface area contributed by atoms with E-state index < -0.39 is 0 Å². The largest absolute Gasteiger partial charge is 0.469 e. The van der Waals surface area contributed by atoms with Gasteiger partial charge in [-0.25, -0.2) is 0 Å². The predicted octanol–water partition coefficient (Wildman–Crippen LogP) is 0.775. The van der Waals surface area contributed by atoms with Crippen LogP contribution in [0.2, 0.25) is 0 Å². The van der Waals surface area contributed by atoms with E-state index in [0.717, 1.165) is 19.1 Å². The summed E-state index contributed by atoms with van der Waals surface area (Å²) in [6.07, 6.45) is 3.25. The fraction of sp³-hybridized carbons (Fsp3) is 0.750. The molecular weight excluding hydrogens is 144 g/mol. The van der Waals surface area contributed by atoms with Gasteiger partial charge >= 0.3 is 5.97 Å². The molecule has 0 radical (unpaired) electrons. The first-order chi connectivity index (χ1) is 5.27. The summed E-state index contributed by atoms with van der Waals surface area (Å²) in [5, 5.41) is 0. The van der Waals surface area contributed by atoms with Crippen LogP contribution in [0, 0.1) is 11.8 Å². The normalized spacial score (nSPS) is 29.9. The highest BCUT2D eigenvalue weighted by molar-refractivity contribution is 5.73. The van der Waals surface area contributed by atoms with Gasteiger partial charge in [-0.3, -0.25) is 4.79 Å². The first-order valence-corrected chi connectivity index (χ1v) is 3.81. The van der Waals surface area contributed by atoms with Crippen molar-refractivity contribution in [1.82, 2.24) is 0 Å². The number of hydrogen-bond donors (Lipinski definition) is 0. The van der Waals surface area contributed by atoms with E-state index in [4.69, 9.17) is 0 Å². The fourth-order valence-corrected chi connectivity index (χ4v) is 1.52. The van der Waals surface area contributed by atoms with E-state index in [0.29, 0.717) is 6.42 Å². The van der Waals surface area contributed by atoms with E-state index >= 15 is 0 Å². The second-order valence-electron chi connectivity index (χ2n) is 2.93. The molecule has 0 saturated heterocycles. The third kappa shape index (κ3) is 1.79. The molecule has 0 heterocycles. The Bertz CT molecular complexity index is 165. The van der Waals surface area contributed by atoms with Gasteiger partial charge in [0.1, 0.15) is 6.29 Å². The van der Waals surface area contributed by atoms with Crippen molar-refractivity contribution in [3.63, 3.8) is 0 Å². The maximum absolute atomic E-state index is 10.9. The van der Waals surface area contributed by atoms with E-state index in [1.165, 1.54) is 7.11 Å². The van der Waals surface area contributed by atoms with Crippen molar-refractivity contribution in [2.24, 2.45) is 11.8 Å². The van der Waals surface area contributed by atoms with Crippen molar-refractivity contribution in [3.8, 4) is 0 Å². The van der Waals surface area contributed by atoms with Gasteiger partial charge < -0.3 is 9.53 Å². The molecule has 0 aliphatic heterocycles. The van der Waals surface area contributed by atoms with Gasteiger partial charge in [-0.05, 0) is 19.3 Å². The summed E-state index contributed by atoms with van der Waals surface area (Å²) in [5.74, 6) is -0.122. The predicted molar refractivity (Wildman–Crippen MR) is 38.9 cm³/mol. The number of rotatable bonds is 2. The quantitative estimate of drug-likeness (QED) is 0.438. The molecule has 1 aliphatic carbocycles. The maximum Gasteiger partial charge on any atom is 0.308 e. The van der Waals surface area contributed by atoms with Gasteiger partial charge in [-0.1, -0.05) is 0 Å². The summed E-state index contributed by atoms with van der Waals surface area (Å²) >= 11 is 0. The van der Waals surface area contributed by atoms with E-state index in [1.54, 1.807) is 0 Å². The highest BCUT2D eigenvalue weighted by Crippen LogP contribution is 2.29. The van der Waals surface area contributed by atoms with Crippen LogP contribution in [0.3, 0.4) is 0 Å². The van der Waals surface area contributed by atoms with Gasteiger partial charge in [-0.2, -0.15) is 0 Å². The maximum atomic E-state index is 10.9. The molecule has 3 heteroatoms. The molecule has 0 aromatic carbocycles. The van der Waals surface area contributed by atoms with Crippen molar-refractivity contribution in [2.45, 2.75) is 19.3 Å². The monoisotopic (exact) mass is 156 g/mol. The molecule has 3 nitrogen and oxygen atoms in total. The first-order valence-electron chi connectivity index (χ1n) is 3.81. The van der Waals surface area contributed by atoms with Crippen molar-refractivity contribution in [3.05, 3.63) is 0 Å². The zero-order valence-electron chi connectivity index (χ0n) is 6.58. The first kappa shape index (κ1) is 8.24. The minimum Gasteiger partial charge on any atom is -0.469 e. The minimum absolute atomic E-state index is 0.0322. The molecule has 0 amide bonds. The van der Waals surface area contributed by atoms with Gasteiger partial charge in [0.2, 0.25) is 0 Å². The van der Waals surface area contributed by atoms with E-state index in [-0.39, 0.29) is 17.8 Å². The zero-order valence-corrected chi connectivity index (χ0v) is 6.58. The summed E-state index contributed by atoms with van der Waals surface area (Å²) < 4.78 is 4.57. The Kier molecular flexibility index (Phi) is 2.63. The van der Waals surface area contributed by atoms with Gasteiger partial charge in [-0.15, -0.1) is 0 Å². The Morgan fingerprint density at radius 1 is 1.55 bits per heavy atom. The van der Waals surface area contributed by atoms with Crippen LogP contribution in [0.15, 0.2) is 0 Å². The molecule has 62 valence electrons. The van der Waals surface area contributed by atoms with Crippen molar-refractivity contribution < 1.29 is 14.3 Å². The van der Waals surface area contributed by atoms with E-state index in [2.05, 4.69) is 4.74 Å². The molecule has 1 saturated carbocycles. The Morgan fingerprint density at radius 3 is 2.73 bits per heavy atom. The summed E-state index contributed by atoms with van der Waals surface area (Å²) in [7, 11) is 1.39. The Balaban J connectivity index is 2.41. The lowest BCUT2D eigenvalue weighted by atomic mass is 10.1. The van der Waals surface area contributed by atoms with Gasteiger partial charge in [0.25, 0.3) is 0 Å². The molecule has 11 heavy (non-hydrogen) atoms. The van der Waals surface area contributed by atoms with Crippen LogP contribution in [-0.4, -0.2) is 19.4 Å². The highest BCUT2D eigenvalue weighted by Gasteiger charge is 2.29. The number of carbonyl (C=O) groups excluding carboxylic acids is 2. The SMILES string of the molecule is COC(=O)C1CCC(C=O)C1. The van der Waals surface area contributed by atoms with Crippen LogP contribution in [0.25, 0.3) is 0 Å². The smallest absolute Gasteiger partial charge is 0.308 e. The molecule has 1 fully saturated rings. The van der Waals surface area contributed by atoms with Crippen LogP contribution in [0.5, 0.6) is 0 Å². The second-order valence-corrected chi connectivity index (χ2v) is 2.93. The summed E-state index contributed by atoms with van der Waals surface area (Å²) in [4.78, 5) is 21.2. The molecule has 0 bridgehead atoms. The topological polar surface area (TPSA) is 43.4 Å². The molecule has 0 N–H and O–H groups in total. The Hall–Kier alpha value is -0.860. The minimum atomic E-state index is -0.172. The zero-order chi connectivity index (χ0) is 8.27. The van der Waals surface area contributed by atoms with Gasteiger partial charge in [0.05, 0.1) is 13.0 Å². The molecular formula is C8H12O3. The van der Waals surface area contributed by atoms with Gasteiger partial charge in [0, 0.05) is 5.92 Å². The highest BCUT2D eigenvalue weighted by atomic mass is 16.5. The average Bonchev–Trinajstić information content (AvgIpc) is 2.50. The van der Waals surface area contributed by atoms with Crippen molar-refractivity contribution in [1.29, 1.82) is 0 Å². The van der Waals surface area contributed by atoms with Crippen LogP contribution >= 0.6 is 0 Å². The molecule has 2 unspecified atom stereocenters. The number of hydrogen-bond acceptors (Lipinski definition) is 3. The summed E-state index contributed by atoms with van der Waals surface area (Å²) in [6, 6.07) is 0. The summed E-state index contributed by atoms with van der Waals surface area (Å²) in [5.41, 5.74) is 0. The molecule has 0 aromatic rings. The molecule has 1 aliphatic rings. The third-order valence-electron chi connectivity index (χ3n) is 2.20. The third-order valence-corrected chi connectivity index (χ3v) is 2.20. The van der Waals surface area contributed by atoms with E-state index in [1.807, 2.05) is 0 Å². The number of carbonyl (C=O) groups is 2. The second kappa shape index (κ2) is 3.51. The van der Waals surface area contributed by atoms with Crippen molar-refractivity contribution >= 4 is 12.3 Å².